The Kier molecular flexibility index (Phi) is 6.88. The number of nitrogens with one attached hydrogen (secondary N) is 2. The van der Waals surface area contributed by atoms with Crippen LogP contribution in [0.1, 0.15) is 5.56 Å². The highest BCUT2D eigenvalue weighted by atomic mass is 32.2. The molecule has 2 heterocycles. The van der Waals surface area contributed by atoms with Gasteiger partial charge in [-0.25, -0.2) is 8.42 Å². The van der Waals surface area contributed by atoms with Crippen molar-refractivity contribution in [3.05, 3.63) is 23.8 Å². The molecule has 0 spiro atoms. The summed E-state index contributed by atoms with van der Waals surface area (Å²) in [7, 11) is -1.88. The van der Waals surface area contributed by atoms with Gasteiger partial charge in [-0.1, -0.05) is 29.2 Å². The Hall–Kier alpha value is -1.73. The number of carbonyl (C=O) groups excluding carboxylic acids is 1. The number of aryl methyl sites for hydroxylation is 1. The number of hydrogen-bond acceptors (Lipinski definition) is 9. The summed E-state index contributed by atoms with van der Waals surface area (Å²) in [5.74, 6) is -0.0950. The molecule has 0 radical (unpaired) electrons. The zero-order valence-electron chi connectivity index (χ0n) is 15.5. The van der Waals surface area contributed by atoms with Crippen molar-refractivity contribution < 1.29 is 17.9 Å². The largest absolute Gasteiger partial charge is 0.379 e. The van der Waals surface area contributed by atoms with Gasteiger partial charge in [0, 0.05) is 25.8 Å². The molecular weight excluding hydrogens is 422 g/mol. The number of rotatable bonds is 7. The summed E-state index contributed by atoms with van der Waals surface area (Å²) in [6, 6.07) is 4.90. The van der Waals surface area contributed by atoms with E-state index in [4.69, 9.17) is 4.74 Å². The van der Waals surface area contributed by atoms with Crippen molar-refractivity contribution in [3.8, 4) is 0 Å². The average molecular weight is 444 g/mol. The molecule has 1 aliphatic heterocycles. The molecule has 1 aliphatic rings. The van der Waals surface area contributed by atoms with E-state index in [0.29, 0.717) is 47.0 Å². The molecule has 3 rings (SSSR count). The maximum Gasteiger partial charge on any atom is 0.243 e. The molecule has 1 saturated heterocycles. The third-order valence-corrected chi connectivity index (χ3v) is 8.12. The molecule has 0 aliphatic carbocycles. The Morgan fingerprint density at radius 3 is 2.75 bits per heavy atom. The molecule has 2 N–H and O–H groups in total. The third-order valence-electron chi connectivity index (χ3n) is 4.01. The van der Waals surface area contributed by atoms with Crippen LogP contribution in [0.4, 0.5) is 10.8 Å². The lowest BCUT2D eigenvalue weighted by Gasteiger charge is -2.26. The molecule has 0 bridgehead atoms. The number of sulfonamides is 1. The quantitative estimate of drug-likeness (QED) is 0.621. The van der Waals surface area contributed by atoms with Crippen LogP contribution in [0, 0.1) is 6.92 Å². The lowest BCUT2D eigenvalue weighted by Crippen LogP contribution is -2.40. The van der Waals surface area contributed by atoms with Crippen LogP contribution in [0.2, 0.25) is 0 Å². The second-order valence-electron chi connectivity index (χ2n) is 5.96. The number of ether oxygens (including phenoxy) is 1. The van der Waals surface area contributed by atoms with E-state index in [2.05, 4.69) is 20.8 Å². The zero-order chi connectivity index (χ0) is 20.1. The second kappa shape index (κ2) is 9.18. The normalized spacial score (nSPS) is 15.4. The fourth-order valence-corrected chi connectivity index (χ4v) is 5.74. The predicted molar refractivity (Wildman–Crippen MR) is 110 cm³/mol. The number of hydrogen-bond donors (Lipinski definition) is 2. The Morgan fingerprint density at radius 1 is 1.32 bits per heavy atom. The number of nitrogens with zero attached hydrogens (tertiary/aromatic N) is 3. The van der Waals surface area contributed by atoms with E-state index < -0.39 is 10.0 Å². The van der Waals surface area contributed by atoms with Crippen LogP contribution in [0.25, 0.3) is 0 Å². The Morgan fingerprint density at radius 2 is 2.07 bits per heavy atom. The Bertz CT molecular complexity index is 942. The number of anilines is 2. The van der Waals surface area contributed by atoms with E-state index in [1.807, 2.05) is 0 Å². The minimum Gasteiger partial charge on any atom is -0.379 e. The van der Waals surface area contributed by atoms with Crippen LogP contribution in [0.5, 0.6) is 0 Å². The van der Waals surface area contributed by atoms with Crippen LogP contribution < -0.4 is 10.6 Å². The molecule has 0 atom stereocenters. The van der Waals surface area contributed by atoms with E-state index in [1.165, 1.54) is 33.5 Å². The van der Waals surface area contributed by atoms with E-state index in [9.17, 15) is 13.2 Å². The van der Waals surface area contributed by atoms with Gasteiger partial charge in [0.25, 0.3) is 0 Å². The highest BCUT2D eigenvalue weighted by Crippen LogP contribution is 2.26. The minimum atomic E-state index is -3.63. The van der Waals surface area contributed by atoms with Crippen LogP contribution in [-0.4, -0.2) is 67.9 Å². The molecule has 0 saturated carbocycles. The van der Waals surface area contributed by atoms with Gasteiger partial charge in [0.15, 0.2) is 4.34 Å². The van der Waals surface area contributed by atoms with Crippen LogP contribution in [0.15, 0.2) is 27.4 Å². The summed E-state index contributed by atoms with van der Waals surface area (Å²) in [5, 5.41) is 14.2. The molecule has 9 nitrogen and oxygen atoms in total. The van der Waals surface area contributed by atoms with Gasteiger partial charge in [-0.3, -0.25) is 4.79 Å². The van der Waals surface area contributed by atoms with Gasteiger partial charge in [-0.15, -0.1) is 10.2 Å². The van der Waals surface area contributed by atoms with Gasteiger partial charge in [-0.05, 0) is 24.6 Å². The summed E-state index contributed by atoms with van der Waals surface area (Å²) in [5.41, 5.74) is 1.07. The highest BCUT2D eigenvalue weighted by molar-refractivity contribution is 8.01. The fourth-order valence-electron chi connectivity index (χ4n) is 2.58. The van der Waals surface area contributed by atoms with Crippen LogP contribution in [0.3, 0.4) is 0 Å². The third kappa shape index (κ3) is 5.00. The summed E-state index contributed by atoms with van der Waals surface area (Å²) < 4.78 is 33.2. The van der Waals surface area contributed by atoms with Gasteiger partial charge in [0.05, 0.1) is 23.9 Å². The summed E-state index contributed by atoms with van der Waals surface area (Å²) >= 11 is 2.63. The van der Waals surface area contributed by atoms with Gasteiger partial charge >= 0.3 is 0 Å². The molecule has 0 unspecified atom stereocenters. The second-order valence-corrected chi connectivity index (χ2v) is 10.1. The monoisotopic (exact) mass is 443 g/mol. The number of thioether (sulfide) groups is 1. The van der Waals surface area contributed by atoms with Gasteiger partial charge in [0.1, 0.15) is 0 Å². The van der Waals surface area contributed by atoms with E-state index >= 15 is 0 Å². The summed E-state index contributed by atoms with van der Waals surface area (Å²) in [4.78, 5) is 12.4. The topological polar surface area (TPSA) is 114 Å². The van der Waals surface area contributed by atoms with Crippen molar-refractivity contribution in [1.82, 2.24) is 14.5 Å². The minimum absolute atomic E-state index is 0.151. The molecule has 1 fully saturated rings. The standard InChI is InChI=1S/C16H21N5O4S3/c1-11-3-4-12(9-13(11)28(23,24)21-5-7-25-8-6-21)18-14(22)10-26-16-20-19-15(17-2)27-16/h3-4,9H,5-8,10H2,1-2H3,(H,17,19)(H,18,22). The number of carbonyl (C=O) groups is 1. The van der Waals surface area contributed by atoms with Crippen LogP contribution in [-0.2, 0) is 19.6 Å². The number of amides is 1. The first-order valence-electron chi connectivity index (χ1n) is 8.52. The molecule has 1 aromatic carbocycles. The first-order valence-corrected chi connectivity index (χ1v) is 11.8. The smallest absolute Gasteiger partial charge is 0.243 e. The van der Waals surface area contributed by atoms with E-state index in [-0.39, 0.29) is 16.6 Å². The van der Waals surface area contributed by atoms with E-state index in [1.54, 1.807) is 26.1 Å². The Balaban J connectivity index is 1.67. The first-order chi connectivity index (χ1) is 13.4. The molecule has 1 amide bonds. The molecule has 28 heavy (non-hydrogen) atoms. The van der Waals surface area contributed by atoms with Crippen molar-refractivity contribution >= 4 is 49.8 Å². The first kappa shape index (κ1) is 21.0. The van der Waals surface area contributed by atoms with E-state index in [0.717, 1.165) is 0 Å². The van der Waals surface area contributed by atoms with Crippen molar-refractivity contribution in [2.45, 2.75) is 16.2 Å². The maximum absolute atomic E-state index is 12.9. The Labute approximate surface area is 171 Å². The van der Waals surface area contributed by atoms with Crippen molar-refractivity contribution in [2.75, 3.05) is 49.7 Å². The summed E-state index contributed by atoms with van der Waals surface area (Å²) in [6.45, 7) is 3.15. The molecule has 152 valence electrons. The lowest BCUT2D eigenvalue weighted by atomic mass is 10.2. The lowest BCUT2D eigenvalue weighted by molar-refractivity contribution is -0.113. The number of morpholine rings is 1. The molecular formula is C16H21N5O4S3. The molecule has 1 aromatic heterocycles. The average Bonchev–Trinajstić information content (AvgIpc) is 3.16. The van der Waals surface area contributed by atoms with Crippen molar-refractivity contribution in [3.63, 3.8) is 0 Å². The SMILES string of the molecule is CNc1nnc(SCC(=O)Nc2ccc(C)c(S(=O)(=O)N3CCOCC3)c2)s1. The number of benzene rings is 1. The zero-order valence-corrected chi connectivity index (χ0v) is 17.9. The van der Waals surface area contributed by atoms with Crippen molar-refractivity contribution in [1.29, 1.82) is 0 Å². The van der Waals surface area contributed by atoms with Gasteiger partial charge in [0.2, 0.25) is 21.1 Å². The molecule has 12 heteroatoms. The fraction of sp³-hybridized carbons (Fsp3) is 0.438. The summed E-state index contributed by atoms with van der Waals surface area (Å²) in [6.07, 6.45) is 0. The highest BCUT2D eigenvalue weighted by Gasteiger charge is 2.28. The number of aromatic nitrogens is 2. The van der Waals surface area contributed by atoms with Crippen LogP contribution >= 0.6 is 23.1 Å². The van der Waals surface area contributed by atoms with Crippen molar-refractivity contribution in [2.24, 2.45) is 0 Å². The van der Waals surface area contributed by atoms with Gasteiger partial charge in [-0.2, -0.15) is 4.31 Å². The molecule has 2 aromatic rings. The van der Waals surface area contributed by atoms with Gasteiger partial charge < -0.3 is 15.4 Å². The maximum atomic E-state index is 12.9. The predicted octanol–water partition coefficient (Wildman–Crippen LogP) is 1.64.